The fraction of sp³-hybridized carbons (Fsp3) is 0.385. The minimum absolute atomic E-state index is 0.0783. The van der Waals surface area contributed by atoms with E-state index >= 15 is 0 Å². The average Bonchev–Trinajstić information content (AvgIpc) is 2.82. The van der Waals surface area contributed by atoms with E-state index in [1.54, 1.807) is 33.8 Å². The zero-order valence-corrected chi connectivity index (χ0v) is 14.0. The van der Waals surface area contributed by atoms with Crippen molar-refractivity contribution in [2.75, 3.05) is 5.32 Å². The zero-order chi connectivity index (χ0) is 17.4. The molecule has 0 saturated carbocycles. The first kappa shape index (κ1) is 17.0. The van der Waals surface area contributed by atoms with Crippen molar-refractivity contribution >= 4 is 21.9 Å². The lowest BCUT2D eigenvalue weighted by Crippen LogP contribution is -2.19. The molecule has 2 rings (SSSR count). The molecule has 124 valence electrons. The maximum absolute atomic E-state index is 12.2. The number of nitrogens with zero attached hydrogens (tertiary/aromatic N) is 4. The topological polar surface area (TPSA) is 133 Å². The van der Waals surface area contributed by atoms with Gasteiger partial charge in [0.25, 0.3) is 15.9 Å². The van der Waals surface area contributed by atoms with Crippen LogP contribution in [0.15, 0.2) is 17.4 Å². The van der Waals surface area contributed by atoms with Gasteiger partial charge < -0.3 is 4.57 Å². The number of hydrogen-bond donors (Lipinski definition) is 2. The van der Waals surface area contributed by atoms with Crippen LogP contribution in [0, 0.1) is 13.8 Å². The molecule has 0 aliphatic rings. The molecular weight excluding hydrogens is 320 g/mol. The molecule has 2 heterocycles. The number of carbonyl (C=O) groups is 1. The number of aromatic nitrogens is 4. The lowest BCUT2D eigenvalue weighted by Gasteiger charge is -2.08. The average molecular weight is 338 g/mol. The van der Waals surface area contributed by atoms with Crippen molar-refractivity contribution in [1.29, 1.82) is 0 Å². The minimum Gasteiger partial charge on any atom is -0.317 e. The molecule has 3 N–H and O–H groups in total. The Hall–Kier alpha value is -2.33. The van der Waals surface area contributed by atoms with E-state index in [0.717, 1.165) is 0 Å². The predicted octanol–water partition coefficient (Wildman–Crippen LogP) is 0.771. The number of imidazole rings is 1. The molecule has 2 aromatic rings. The molecule has 0 aromatic carbocycles. The van der Waals surface area contributed by atoms with Crippen molar-refractivity contribution in [1.82, 2.24) is 19.5 Å². The number of nitrogens with two attached hydrogens (primary N) is 1. The van der Waals surface area contributed by atoms with Crippen molar-refractivity contribution in [3.63, 3.8) is 0 Å². The Morgan fingerprint density at radius 1 is 1.22 bits per heavy atom. The Balaban J connectivity index is 2.36. The van der Waals surface area contributed by atoms with Crippen molar-refractivity contribution in [3.05, 3.63) is 29.3 Å². The van der Waals surface area contributed by atoms with Crippen LogP contribution in [0.1, 0.15) is 41.8 Å². The van der Waals surface area contributed by atoms with Crippen LogP contribution in [0.4, 0.5) is 5.95 Å². The molecule has 23 heavy (non-hydrogen) atoms. The van der Waals surface area contributed by atoms with Gasteiger partial charge in [0, 0.05) is 23.6 Å². The Kier molecular flexibility index (Phi) is 4.48. The van der Waals surface area contributed by atoms with Gasteiger partial charge in [-0.2, -0.15) is 0 Å². The largest absolute Gasteiger partial charge is 0.317 e. The summed E-state index contributed by atoms with van der Waals surface area (Å²) < 4.78 is 24.5. The standard InChI is InChI=1S/C13H18N6O3S/c1-7(2)19-6-10(17-13(19)23(14,21)22)11(20)18-12-15-8(3)5-9(4)16-12/h5-7H,1-4H3,(H2,14,21,22)(H,15,16,18,20). The van der Waals surface area contributed by atoms with Crippen LogP contribution in [-0.2, 0) is 10.0 Å². The van der Waals surface area contributed by atoms with Gasteiger partial charge in [0.2, 0.25) is 11.1 Å². The number of aryl methyl sites for hydroxylation is 2. The van der Waals surface area contributed by atoms with Crippen LogP contribution in [0.3, 0.4) is 0 Å². The summed E-state index contributed by atoms with van der Waals surface area (Å²) in [6.45, 7) is 7.06. The summed E-state index contributed by atoms with van der Waals surface area (Å²) in [5.74, 6) is -0.483. The Bertz CT molecular complexity index is 836. The summed E-state index contributed by atoms with van der Waals surface area (Å²) in [5, 5.41) is 7.27. The molecule has 0 fully saturated rings. The van der Waals surface area contributed by atoms with E-state index in [1.807, 2.05) is 0 Å². The van der Waals surface area contributed by atoms with Gasteiger partial charge in [-0.15, -0.1) is 0 Å². The first-order valence-electron chi connectivity index (χ1n) is 6.83. The molecule has 10 heteroatoms. The number of primary sulfonamides is 1. The van der Waals surface area contributed by atoms with Crippen LogP contribution in [0.25, 0.3) is 0 Å². The summed E-state index contributed by atoms with van der Waals surface area (Å²) in [6, 6.07) is 1.54. The minimum atomic E-state index is -4.04. The quantitative estimate of drug-likeness (QED) is 0.846. The summed E-state index contributed by atoms with van der Waals surface area (Å²) in [5.41, 5.74) is 1.32. The third kappa shape index (κ3) is 3.90. The number of sulfonamides is 1. The molecule has 0 spiro atoms. The van der Waals surface area contributed by atoms with Crippen LogP contribution in [0.2, 0.25) is 0 Å². The molecule has 9 nitrogen and oxygen atoms in total. The molecule has 0 bridgehead atoms. The second-order valence-corrected chi connectivity index (χ2v) is 6.84. The van der Waals surface area contributed by atoms with Gasteiger partial charge in [0.15, 0.2) is 0 Å². The molecule has 0 atom stereocenters. The number of amides is 1. The number of hydrogen-bond acceptors (Lipinski definition) is 6. The van der Waals surface area contributed by atoms with E-state index in [0.29, 0.717) is 11.4 Å². The molecular formula is C13H18N6O3S. The predicted molar refractivity (Wildman–Crippen MR) is 83.4 cm³/mol. The fourth-order valence-corrected chi connectivity index (χ4v) is 2.80. The Morgan fingerprint density at radius 2 is 1.78 bits per heavy atom. The molecule has 2 aromatic heterocycles. The van der Waals surface area contributed by atoms with Crippen molar-refractivity contribution in [3.8, 4) is 0 Å². The fourth-order valence-electron chi connectivity index (χ4n) is 2.01. The molecule has 0 unspecified atom stereocenters. The maximum Gasteiger partial charge on any atom is 0.278 e. The highest BCUT2D eigenvalue weighted by molar-refractivity contribution is 7.89. The van der Waals surface area contributed by atoms with Crippen molar-refractivity contribution in [2.24, 2.45) is 5.14 Å². The Morgan fingerprint density at radius 3 is 2.22 bits per heavy atom. The van der Waals surface area contributed by atoms with Crippen molar-refractivity contribution in [2.45, 2.75) is 38.9 Å². The smallest absolute Gasteiger partial charge is 0.278 e. The lowest BCUT2D eigenvalue weighted by atomic mass is 10.3. The molecule has 0 aliphatic carbocycles. The first-order chi connectivity index (χ1) is 10.6. The van der Waals surface area contributed by atoms with Gasteiger partial charge in [-0.25, -0.2) is 28.5 Å². The van der Waals surface area contributed by atoms with Crippen molar-refractivity contribution < 1.29 is 13.2 Å². The van der Waals surface area contributed by atoms with Gasteiger partial charge in [-0.3, -0.25) is 10.1 Å². The van der Waals surface area contributed by atoms with Crippen LogP contribution >= 0.6 is 0 Å². The summed E-state index contributed by atoms with van der Waals surface area (Å²) in [7, 11) is -4.04. The van der Waals surface area contributed by atoms with Gasteiger partial charge >= 0.3 is 0 Å². The van der Waals surface area contributed by atoms with E-state index in [-0.39, 0.29) is 22.8 Å². The number of rotatable bonds is 4. The monoisotopic (exact) mass is 338 g/mol. The third-order valence-electron chi connectivity index (χ3n) is 2.95. The van der Waals surface area contributed by atoms with Crippen LogP contribution in [-0.4, -0.2) is 33.8 Å². The maximum atomic E-state index is 12.2. The highest BCUT2D eigenvalue weighted by Crippen LogP contribution is 2.15. The Labute approximate surface area is 134 Å². The van der Waals surface area contributed by atoms with E-state index in [1.165, 1.54) is 10.8 Å². The third-order valence-corrected chi connectivity index (χ3v) is 3.76. The van der Waals surface area contributed by atoms with E-state index < -0.39 is 15.9 Å². The van der Waals surface area contributed by atoms with Crippen LogP contribution in [0.5, 0.6) is 0 Å². The van der Waals surface area contributed by atoms with E-state index in [2.05, 4.69) is 20.3 Å². The zero-order valence-electron chi connectivity index (χ0n) is 13.2. The summed E-state index contributed by atoms with van der Waals surface area (Å²) >= 11 is 0. The van der Waals surface area contributed by atoms with Gasteiger partial charge in [-0.1, -0.05) is 0 Å². The van der Waals surface area contributed by atoms with Gasteiger partial charge in [0.1, 0.15) is 5.69 Å². The molecule has 1 amide bonds. The second-order valence-electron chi connectivity index (χ2n) is 5.38. The summed E-state index contributed by atoms with van der Waals surface area (Å²) in [4.78, 5) is 24.3. The number of nitrogens with one attached hydrogen (secondary N) is 1. The SMILES string of the molecule is Cc1cc(C)nc(NC(=O)c2cn(C(C)C)c(S(N)(=O)=O)n2)n1. The van der Waals surface area contributed by atoms with Gasteiger partial charge in [0.05, 0.1) is 0 Å². The van der Waals surface area contributed by atoms with E-state index in [9.17, 15) is 13.2 Å². The van der Waals surface area contributed by atoms with Crippen LogP contribution < -0.4 is 10.5 Å². The first-order valence-corrected chi connectivity index (χ1v) is 8.38. The normalized spacial score (nSPS) is 11.7. The highest BCUT2D eigenvalue weighted by atomic mass is 32.2. The number of anilines is 1. The highest BCUT2D eigenvalue weighted by Gasteiger charge is 2.23. The lowest BCUT2D eigenvalue weighted by molar-refractivity contribution is 0.102. The van der Waals surface area contributed by atoms with E-state index in [4.69, 9.17) is 5.14 Å². The molecule has 0 aliphatic heterocycles. The second kappa shape index (κ2) is 6.05. The molecule has 0 radical (unpaired) electrons. The summed E-state index contributed by atoms with van der Waals surface area (Å²) in [6.07, 6.45) is 1.34. The number of carbonyl (C=O) groups excluding carboxylic acids is 1. The molecule has 0 saturated heterocycles. The van der Waals surface area contributed by atoms with Gasteiger partial charge in [-0.05, 0) is 33.8 Å².